The van der Waals surface area contributed by atoms with E-state index >= 15 is 0 Å². The fourth-order valence-electron chi connectivity index (χ4n) is 0.488. The summed E-state index contributed by atoms with van der Waals surface area (Å²) in [7, 11) is 0. The molecule has 0 atom stereocenters. The van der Waals surface area contributed by atoms with Gasteiger partial charge in [0.25, 0.3) is 0 Å². The van der Waals surface area contributed by atoms with Crippen LogP contribution < -0.4 is 24.0 Å². The average Bonchev–Trinajstić information content (AvgIpc) is 1.77. The maximum atomic E-state index is 5.68. The first-order valence-corrected chi connectivity index (χ1v) is 2.80. The summed E-state index contributed by atoms with van der Waals surface area (Å²) in [6.07, 6.45) is 5.54. The molecule has 0 amide bonds. The molecule has 1 aliphatic rings. The largest absolute Gasteiger partial charge is 1.00 e. The molecule has 1 radical (unpaired) electrons. The van der Waals surface area contributed by atoms with Crippen LogP contribution in [0.3, 0.4) is 0 Å². The van der Waals surface area contributed by atoms with E-state index in [4.69, 9.17) is 11.6 Å². The van der Waals surface area contributed by atoms with Crippen LogP contribution in [0.15, 0.2) is 29.5 Å². The van der Waals surface area contributed by atoms with E-state index in [0.29, 0.717) is 0 Å². The molecule has 0 bridgehead atoms. The summed E-state index contributed by atoms with van der Waals surface area (Å²) < 4.78 is 0. The van der Waals surface area contributed by atoms with Crippen LogP contribution in [-0.2, 0) is 19.5 Å². The van der Waals surface area contributed by atoms with Crippen molar-refractivity contribution in [2.24, 2.45) is 0 Å². The van der Waals surface area contributed by atoms with Crippen molar-refractivity contribution >= 4 is 11.6 Å². The molecule has 3 heteroatoms. The second-order valence-electron chi connectivity index (χ2n) is 1.68. The minimum Gasteiger partial charge on any atom is -1.00 e. The molecule has 0 nitrogen and oxygen atoms in total. The zero-order chi connectivity index (χ0) is 5.98. The van der Waals surface area contributed by atoms with Gasteiger partial charge in [0, 0.05) is 19.5 Å². The van der Waals surface area contributed by atoms with Gasteiger partial charge in [-0.25, -0.2) is 0 Å². The van der Waals surface area contributed by atoms with Gasteiger partial charge < -0.3 is 24.0 Å². The quantitative estimate of drug-likeness (QED) is 0.319. The van der Waals surface area contributed by atoms with Crippen LogP contribution in [-0.4, -0.2) is 0 Å². The van der Waals surface area contributed by atoms with Gasteiger partial charge in [-0.2, -0.15) is 0 Å². The molecule has 0 heterocycles. The van der Waals surface area contributed by atoms with Crippen LogP contribution in [0.4, 0.5) is 0 Å². The number of halogens is 2. The molecule has 10 heavy (non-hydrogen) atoms. The first-order chi connectivity index (χ1) is 3.80. The van der Waals surface area contributed by atoms with Crippen LogP contribution in [0, 0.1) is 5.38 Å². The molecule has 51 valence electrons. The fraction of sp³-hybridized carbons (Fsp3) is 0.143. The van der Waals surface area contributed by atoms with Gasteiger partial charge in [-0.3, -0.25) is 0 Å². The third-order valence-electron chi connectivity index (χ3n) is 1.02. The molecule has 0 spiro atoms. The first kappa shape index (κ1) is 13.5. The molecule has 1 aliphatic carbocycles. The van der Waals surface area contributed by atoms with Crippen molar-refractivity contribution < 1.29 is 43.5 Å². The third kappa shape index (κ3) is 3.93. The second kappa shape index (κ2) is 6.60. The van der Waals surface area contributed by atoms with E-state index in [0.717, 1.165) is 11.0 Å². The molecule has 0 N–H and O–H groups in total. The van der Waals surface area contributed by atoms with Crippen LogP contribution in [0.5, 0.6) is 0 Å². The van der Waals surface area contributed by atoms with Gasteiger partial charge >= 0.3 is 0 Å². The van der Waals surface area contributed by atoms with Gasteiger partial charge in [-0.05, 0) is 24.6 Å². The molecule has 0 saturated heterocycles. The van der Waals surface area contributed by atoms with E-state index in [9.17, 15) is 0 Å². The first-order valence-electron chi connectivity index (χ1n) is 2.43. The summed E-state index contributed by atoms with van der Waals surface area (Å²) in [6.45, 7) is 1.97. The standard InChI is InChI=1S/C7H6Cl.HI.Zn/c1-6-4-2-3-5-7(6)8;;/h2,4-5H,1H3;1H;/p-1. The van der Waals surface area contributed by atoms with E-state index in [1.54, 1.807) is 6.08 Å². The zero-order valence-electron chi connectivity index (χ0n) is 5.70. The molecule has 0 aromatic heterocycles. The average molecular weight is 318 g/mol. The summed E-state index contributed by atoms with van der Waals surface area (Å²) in [5.74, 6) is 0. The molecule has 0 unspecified atom stereocenters. The van der Waals surface area contributed by atoms with Gasteiger partial charge in [0.05, 0.1) is 0 Å². The van der Waals surface area contributed by atoms with Crippen LogP contribution >= 0.6 is 11.6 Å². The Morgan fingerprint density at radius 3 is 2.40 bits per heavy atom. The van der Waals surface area contributed by atoms with Crippen molar-refractivity contribution in [1.29, 1.82) is 0 Å². The molecular formula is C7H6ClIZn-. The number of hydrogen-bond acceptors (Lipinski definition) is 0. The Balaban J connectivity index is 0. The monoisotopic (exact) mass is 316 g/mol. The Kier molecular flexibility index (Phi) is 8.91. The van der Waals surface area contributed by atoms with E-state index in [-0.39, 0.29) is 43.5 Å². The van der Waals surface area contributed by atoms with Crippen molar-refractivity contribution in [2.45, 2.75) is 6.92 Å². The fourth-order valence-corrected chi connectivity index (χ4v) is 0.614. The summed E-state index contributed by atoms with van der Waals surface area (Å²) in [4.78, 5) is 0. The molecule has 0 saturated carbocycles. The number of hydrogen-bond donors (Lipinski definition) is 0. The summed E-state index contributed by atoms with van der Waals surface area (Å²) in [5.41, 5.74) is 3.97. The summed E-state index contributed by atoms with van der Waals surface area (Å²) in [6, 6.07) is 0. The zero-order valence-corrected chi connectivity index (χ0v) is 11.6. The van der Waals surface area contributed by atoms with E-state index < -0.39 is 0 Å². The normalized spacial score (nSPS) is 15.2. The van der Waals surface area contributed by atoms with Crippen molar-refractivity contribution in [3.05, 3.63) is 34.9 Å². The van der Waals surface area contributed by atoms with Gasteiger partial charge in [0.15, 0.2) is 0 Å². The van der Waals surface area contributed by atoms with Crippen molar-refractivity contribution in [3.8, 4) is 0 Å². The van der Waals surface area contributed by atoms with Crippen molar-refractivity contribution in [3.63, 3.8) is 0 Å². The van der Waals surface area contributed by atoms with Gasteiger partial charge in [-0.15, -0.1) is 17.3 Å². The van der Waals surface area contributed by atoms with E-state index in [1.165, 1.54) is 0 Å². The molecule has 1 rings (SSSR count). The molecule has 0 fully saturated rings. The van der Waals surface area contributed by atoms with Crippen molar-refractivity contribution in [1.82, 2.24) is 0 Å². The minimum atomic E-state index is 0. The molecule has 0 aliphatic heterocycles. The maximum absolute atomic E-state index is 5.68. The Labute approximate surface area is 96.2 Å². The Morgan fingerprint density at radius 2 is 2.10 bits per heavy atom. The van der Waals surface area contributed by atoms with Gasteiger partial charge in [0.1, 0.15) is 5.38 Å². The predicted octanol–water partition coefficient (Wildman–Crippen LogP) is -0.570. The third-order valence-corrected chi connectivity index (χ3v) is 1.42. The second-order valence-corrected chi connectivity index (χ2v) is 2.08. The Hall–Kier alpha value is 0.903. The molecular weight excluding hydrogens is 312 g/mol. The number of rotatable bonds is 0. The van der Waals surface area contributed by atoms with Gasteiger partial charge in [0.2, 0.25) is 0 Å². The number of allylic oxidation sites excluding steroid dienone is 3. The van der Waals surface area contributed by atoms with Crippen LogP contribution in [0.2, 0.25) is 0 Å². The molecule has 0 aromatic carbocycles. The van der Waals surface area contributed by atoms with Crippen LogP contribution in [0.25, 0.3) is 0 Å². The van der Waals surface area contributed by atoms with Crippen LogP contribution in [0.1, 0.15) is 6.92 Å². The Morgan fingerprint density at radius 1 is 1.50 bits per heavy atom. The predicted molar refractivity (Wildman–Crippen MR) is 35.5 cm³/mol. The molecule has 0 aromatic rings. The Bertz CT molecular complexity index is 180. The van der Waals surface area contributed by atoms with E-state index in [2.05, 4.69) is 5.73 Å². The van der Waals surface area contributed by atoms with Gasteiger partial charge in [-0.1, -0.05) is 6.08 Å². The van der Waals surface area contributed by atoms with Crippen molar-refractivity contribution in [2.75, 3.05) is 0 Å². The summed E-state index contributed by atoms with van der Waals surface area (Å²) >= 11 is 5.68. The topological polar surface area (TPSA) is 0 Å². The summed E-state index contributed by atoms with van der Waals surface area (Å²) in [5, 5.41) is 0.785. The minimum absolute atomic E-state index is 0. The van der Waals surface area contributed by atoms with E-state index in [1.807, 2.05) is 19.1 Å². The maximum Gasteiger partial charge on any atom is 0.118 e. The smallest absolute Gasteiger partial charge is 0.118 e. The SMILES string of the molecule is CC1=CC=C=C[C]1Cl.[I-].[Zn].